The molecule has 0 unspecified atom stereocenters. The second kappa shape index (κ2) is 11.2. The highest BCUT2D eigenvalue weighted by atomic mass is 127. The zero-order chi connectivity index (χ0) is 23.3. The summed E-state index contributed by atoms with van der Waals surface area (Å²) < 4.78 is 8.36. The number of hydrogen-bond acceptors (Lipinski definition) is 10. The number of nitrogens with one attached hydrogen (secondary N) is 1. The molecule has 1 aliphatic rings. The van der Waals surface area contributed by atoms with Gasteiger partial charge in [0.2, 0.25) is 0 Å². The van der Waals surface area contributed by atoms with Crippen molar-refractivity contribution in [3.05, 3.63) is 12.7 Å². The quantitative estimate of drug-likeness (QED) is 0.130. The van der Waals surface area contributed by atoms with Gasteiger partial charge in [-0.05, 0) is 6.42 Å². The minimum Gasteiger partial charge on any atom is -0.480 e. The van der Waals surface area contributed by atoms with Gasteiger partial charge < -0.3 is 31.1 Å². The summed E-state index contributed by atoms with van der Waals surface area (Å²) in [6, 6.07) is -0.964. The highest BCUT2D eigenvalue weighted by Crippen LogP contribution is 2.32. The fraction of sp³-hybridized carbons (Fsp3) is 0.579. The van der Waals surface area contributed by atoms with Crippen LogP contribution in [-0.2, 0) is 9.53 Å². The Morgan fingerprint density at radius 1 is 1.38 bits per heavy atom. The number of rotatable bonds is 11. The molecular weight excluding hydrogens is 533 g/mol. The maximum Gasteiger partial charge on any atom is 0.320 e. The zero-order valence-corrected chi connectivity index (χ0v) is 19.4. The van der Waals surface area contributed by atoms with E-state index in [0.29, 0.717) is 36.6 Å². The van der Waals surface area contributed by atoms with Crippen LogP contribution >= 0.6 is 22.6 Å². The Bertz CT molecular complexity index is 967. The standard InChI is InChI=1S/C19H26IN7O5/c1-2-5-22-16-13-17(24-9-23-16)27(10-25-13)18-15(29)14(28)12(32-18)8-26(7-4-20)6-3-11(21)19(30)31/h1,9-12,14-15,18,28-29H,3-8,21H2,(H,30,31)(H,22,23,24)/t11-,12+,14+,15+,18+/m0/s1. The summed E-state index contributed by atoms with van der Waals surface area (Å²) in [6.45, 7) is 1.65. The van der Waals surface area contributed by atoms with Crippen molar-refractivity contribution in [1.29, 1.82) is 0 Å². The van der Waals surface area contributed by atoms with Crippen LogP contribution in [0.25, 0.3) is 11.2 Å². The lowest BCUT2D eigenvalue weighted by molar-refractivity contribution is -0.138. The number of aliphatic hydroxyl groups is 2. The summed E-state index contributed by atoms with van der Waals surface area (Å²) in [6.07, 6.45) is 4.40. The van der Waals surface area contributed by atoms with Crippen LogP contribution in [0.2, 0.25) is 0 Å². The number of nitrogens with zero attached hydrogens (tertiary/aromatic N) is 5. The first-order valence-corrected chi connectivity index (χ1v) is 11.5. The van der Waals surface area contributed by atoms with Crippen molar-refractivity contribution >= 4 is 45.5 Å². The molecule has 0 spiro atoms. The van der Waals surface area contributed by atoms with Crippen molar-refractivity contribution in [3.63, 3.8) is 0 Å². The number of ether oxygens (including phenoxy) is 1. The second-order valence-corrected chi connectivity index (χ2v) is 8.45. The molecule has 1 fully saturated rings. The molecule has 0 saturated carbocycles. The molecule has 1 saturated heterocycles. The number of carbonyl (C=O) groups is 1. The number of imidazole rings is 1. The molecule has 1 aliphatic heterocycles. The molecule has 5 atom stereocenters. The second-order valence-electron chi connectivity index (χ2n) is 7.37. The first kappa shape index (κ1) is 24.6. The van der Waals surface area contributed by atoms with Crippen molar-refractivity contribution in [1.82, 2.24) is 24.4 Å². The lowest BCUT2D eigenvalue weighted by Crippen LogP contribution is -2.43. The molecule has 0 bridgehead atoms. The fourth-order valence-electron chi connectivity index (χ4n) is 3.53. The summed E-state index contributed by atoms with van der Waals surface area (Å²) in [7, 11) is 0. The van der Waals surface area contributed by atoms with Crippen LogP contribution in [0, 0.1) is 12.3 Å². The van der Waals surface area contributed by atoms with Crippen molar-refractivity contribution in [2.45, 2.75) is 37.0 Å². The normalized spacial score (nSPS) is 24.0. The van der Waals surface area contributed by atoms with E-state index in [1.807, 2.05) is 4.90 Å². The van der Waals surface area contributed by atoms with E-state index in [9.17, 15) is 15.0 Å². The van der Waals surface area contributed by atoms with E-state index >= 15 is 0 Å². The van der Waals surface area contributed by atoms with Crippen LogP contribution in [0.1, 0.15) is 12.6 Å². The van der Waals surface area contributed by atoms with E-state index in [1.54, 1.807) is 4.57 Å². The molecule has 0 amide bonds. The van der Waals surface area contributed by atoms with Crippen LogP contribution in [0.15, 0.2) is 12.7 Å². The lowest BCUT2D eigenvalue weighted by atomic mass is 10.1. The van der Waals surface area contributed by atoms with E-state index in [0.717, 1.165) is 4.43 Å². The third kappa shape index (κ3) is 5.45. The van der Waals surface area contributed by atoms with Crippen molar-refractivity contribution in [2.24, 2.45) is 5.73 Å². The van der Waals surface area contributed by atoms with Gasteiger partial charge in [-0.2, -0.15) is 0 Å². The van der Waals surface area contributed by atoms with Gasteiger partial charge in [0.25, 0.3) is 0 Å². The third-order valence-corrected chi connectivity index (χ3v) is 5.72. The Kier molecular flexibility index (Phi) is 8.57. The molecule has 12 nitrogen and oxygen atoms in total. The first-order chi connectivity index (χ1) is 15.4. The molecule has 13 heteroatoms. The van der Waals surface area contributed by atoms with E-state index in [1.165, 1.54) is 12.7 Å². The van der Waals surface area contributed by atoms with Gasteiger partial charge in [0.1, 0.15) is 30.7 Å². The number of fused-ring (bicyclic) bond motifs is 1. The molecule has 2 aromatic rings. The molecule has 0 radical (unpaired) electrons. The number of carboxylic acids is 1. The number of terminal acetylenes is 1. The number of halogens is 1. The van der Waals surface area contributed by atoms with Crippen molar-refractivity contribution < 1.29 is 24.9 Å². The molecule has 3 rings (SSSR count). The number of anilines is 1. The summed E-state index contributed by atoms with van der Waals surface area (Å²) >= 11 is 2.22. The van der Waals surface area contributed by atoms with E-state index in [2.05, 4.69) is 48.8 Å². The Hall–Kier alpha value is -2.09. The van der Waals surface area contributed by atoms with Gasteiger partial charge >= 0.3 is 5.97 Å². The first-order valence-electron chi connectivity index (χ1n) is 10.0. The lowest BCUT2D eigenvalue weighted by Gasteiger charge is -2.26. The predicted molar refractivity (Wildman–Crippen MR) is 124 cm³/mol. The topological polar surface area (TPSA) is 172 Å². The van der Waals surface area contributed by atoms with Gasteiger partial charge in [0.15, 0.2) is 23.2 Å². The van der Waals surface area contributed by atoms with Crippen molar-refractivity contribution in [3.8, 4) is 12.3 Å². The third-order valence-electron chi connectivity index (χ3n) is 5.24. The summed E-state index contributed by atoms with van der Waals surface area (Å²) in [5.41, 5.74) is 6.50. The number of hydrogen-bond donors (Lipinski definition) is 5. The monoisotopic (exact) mass is 559 g/mol. The highest BCUT2D eigenvalue weighted by Gasteiger charge is 2.44. The average Bonchev–Trinajstić information content (AvgIpc) is 3.32. The molecule has 6 N–H and O–H groups in total. The van der Waals surface area contributed by atoms with Crippen molar-refractivity contribution in [2.75, 3.05) is 35.9 Å². The SMILES string of the molecule is C#CCNc1ncnc2c1ncn2[C@@H]1O[C@H](CN(CCI)CC[C@H](N)C(=O)O)[C@@H](O)[C@H]1O. The number of aliphatic hydroxyl groups excluding tert-OH is 2. The molecule has 32 heavy (non-hydrogen) atoms. The average molecular weight is 559 g/mol. The van der Waals surface area contributed by atoms with E-state index in [4.69, 9.17) is 22.0 Å². The van der Waals surface area contributed by atoms with Crippen LogP contribution in [-0.4, -0.2) is 101 Å². The largest absolute Gasteiger partial charge is 0.480 e. The number of nitrogens with two attached hydrogens (primary N) is 1. The molecule has 0 aliphatic carbocycles. The van der Waals surface area contributed by atoms with Gasteiger partial charge in [0, 0.05) is 24.1 Å². The number of aliphatic carboxylic acids is 1. The summed E-state index contributed by atoms with van der Waals surface area (Å²) in [5, 5.41) is 33.3. The molecule has 0 aromatic carbocycles. The predicted octanol–water partition coefficient (Wildman–Crippen LogP) is -0.970. The van der Waals surface area contributed by atoms with Gasteiger partial charge in [-0.1, -0.05) is 28.5 Å². The molecule has 174 valence electrons. The van der Waals surface area contributed by atoms with Crippen LogP contribution in [0.5, 0.6) is 0 Å². The van der Waals surface area contributed by atoms with Gasteiger partial charge in [-0.15, -0.1) is 6.42 Å². The zero-order valence-electron chi connectivity index (χ0n) is 17.2. The Morgan fingerprint density at radius 3 is 2.84 bits per heavy atom. The highest BCUT2D eigenvalue weighted by molar-refractivity contribution is 14.1. The minimum atomic E-state index is -1.21. The molecular formula is C19H26IN7O5. The Labute approximate surface area is 198 Å². The molecule has 2 aromatic heterocycles. The van der Waals surface area contributed by atoms with E-state index < -0.39 is 36.6 Å². The fourth-order valence-corrected chi connectivity index (χ4v) is 4.21. The molecule has 3 heterocycles. The van der Waals surface area contributed by atoms with Crippen LogP contribution in [0.3, 0.4) is 0 Å². The van der Waals surface area contributed by atoms with Crippen LogP contribution < -0.4 is 11.1 Å². The number of aromatic nitrogens is 4. The Morgan fingerprint density at radius 2 is 2.16 bits per heavy atom. The summed E-state index contributed by atoms with van der Waals surface area (Å²) in [4.78, 5) is 25.6. The smallest absolute Gasteiger partial charge is 0.320 e. The van der Waals surface area contributed by atoms with Gasteiger partial charge in [-0.3, -0.25) is 14.3 Å². The van der Waals surface area contributed by atoms with Gasteiger partial charge in [-0.25, -0.2) is 15.0 Å². The summed E-state index contributed by atoms with van der Waals surface area (Å²) in [5.74, 6) is 1.86. The minimum absolute atomic E-state index is 0.261. The van der Waals surface area contributed by atoms with Crippen LogP contribution in [0.4, 0.5) is 5.82 Å². The van der Waals surface area contributed by atoms with E-state index in [-0.39, 0.29) is 13.0 Å². The van der Waals surface area contributed by atoms with Gasteiger partial charge in [0.05, 0.1) is 12.9 Å². The maximum atomic E-state index is 11.0. The Balaban J connectivity index is 1.74. The maximum absolute atomic E-state index is 11.0. The number of alkyl halides is 1. The number of carboxylic acid groups (broad SMARTS) is 1.